The third-order valence-corrected chi connectivity index (χ3v) is 4.25. The fourth-order valence-electron chi connectivity index (χ4n) is 2.20. The molecule has 1 aliphatic rings. The minimum atomic E-state index is -0.968. The van der Waals surface area contributed by atoms with E-state index in [1.54, 1.807) is 24.3 Å². The maximum absolute atomic E-state index is 11.7. The molecule has 0 unspecified atom stereocenters. The van der Waals surface area contributed by atoms with Crippen molar-refractivity contribution < 1.29 is 19.4 Å². The minimum absolute atomic E-state index is 0.225. The van der Waals surface area contributed by atoms with Crippen LogP contribution in [0.15, 0.2) is 58.4 Å². The summed E-state index contributed by atoms with van der Waals surface area (Å²) in [7, 11) is 0. The molecule has 0 aliphatic carbocycles. The molecule has 0 radical (unpaired) electrons. The zero-order valence-corrected chi connectivity index (χ0v) is 13.8. The molecule has 0 atom stereocenters. The SMILES string of the molecule is NC1=NC(=O)/C(=C\c2ccccc2OCc2ccc(C(=O)O)cc2)S1. The Morgan fingerprint density at radius 3 is 2.56 bits per heavy atom. The molecule has 0 fully saturated rings. The molecule has 0 saturated carbocycles. The largest absolute Gasteiger partial charge is 0.488 e. The van der Waals surface area contributed by atoms with Crippen molar-refractivity contribution in [3.05, 3.63) is 70.1 Å². The van der Waals surface area contributed by atoms with Crippen LogP contribution in [0.25, 0.3) is 6.08 Å². The molecule has 25 heavy (non-hydrogen) atoms. The van der Waals surface area contributed by atoms with E-state index in [1.807, 2.05) is 18.2 Å². The van der Waals surface area contributed by atoms with Gasteiger partial charge in [0.2, 0.25) is 0 Å². The number of carboxylic acid groups (broad SMARTS) is 1. The van der Waals surface area contributed by atoms with Crippen molar-refractivity contribution in [2.45, 2.75) is 6.61 Å². The van der Waals surface area contributed by atoms with E-state index in [2.05, 4.69) is 4.99 Å². The predicted octanol–water partition coefficient (Wildman–Crippen LogP) is 2.89. The number of hydrogen-bond acceptors (Lipinski definition) is 5. The Hall–Kier alpha value is -3.06. The lowest BCUT2D eigenvalue weighted by Crippen LogP contribution is -2.01. The van der Waals surface area contributed by atoms with Gasteiger partial charge in [0, 0.05) is 5.56 Å². The first kappa shape index (κ1) is 16.8. The first-order valence-electron chi connectivity index (χ1n) is 7.35. The van der Waals surface area contributed by atoms with E-state index in [4.69, 9.17) is 15.6 Å². The van der Waals surface area contributed by atoms with Gasteiger partial charge in [-0.3, -0.25) is 4.79 Å². The number of nitrogens with zero attached hydrogens (tertiary/aromatic N) is 1. The summed E-state index contributed by atoms with van der Waals surface area (Å²) in [6.07, 6.45) is 1.69. The molecule has 0 bridgehead atoms. The molecule has 1 heterocycles. The van der Waals surface area contributed by atoms with E-state index in [9.17, 15) is 9.59 Å². The lowest BCUT2D eigenvalue weighted by atomic mass is 10.1. The van der Waals surface area contributed by atoms with E-state index >= 15 is 0 Å². The average molecular weight is 354 g/mol. The molecular weight excluding hydrogens is 340 g/mol. The predicted molar refractivity (Wildman–Crippen MR) is 96.4 cm³/mol. The van der Waals surface area contributed by atoms with Gasteiger partial charge >= 0.3 is 5.97 Å². The topological polar surface area (TPSA) is 102 Å². The fraction of sp³-hybridized carbons (Fsp3) is 0.0556. The maximum Gasteiger partial charge on any atom is 0.335 e. The van der Waals surface area contributed by atoms with Crippen molar-refractivity contribution in [2.75, 3.05) is 0 Å². The number of benzene rings is 2. The fourth-order valence-corrected chi connectivity index (χ4v) is 2.88. The number of carbonyl (C=O) groups excluding carboxylic acids is 1. The third-order valence-electron chi connectivity index (χ3n) is 3.44. The van der Waals surface area contributed by atoms with Crippen LogP contribution >= 0.6 is 11.8 Å². The second-order valence-electron chi connectivity index (χ2n) is 5.19. The normalized spacial score (nSPS) is 15.3. The van der Waals surface area contributed by atoms with Crippen molar-refractivity contribution in [1.82, 2.24) is 0 Å². The zero-order valence-electron chi connectivity index (χ0n) is 13.0. The van der Waals surface area contributed by atoms with Crippen LogP contribution in [-0.2, 0) is 11.4 Å². The van der Waals surface area contributed by atoms with Gasteiger partial charge < -0.3 is 15.6 Å². The molecule has 1 amide bonds. The van der Waals surface area contributed by atoms with Crippen molar-refractivity contribution in [3.63, 3.8) is 0 Å². The summed E-state index contributed by atoms with van der Waals surface area (Å²) in [5.41, 5.74) is 7.36. The average Bonchev–Trinajstić information content (AvgIpc) is 2.91. The van der Waals surface area contributed by atoms with Crippen molar-refractivity contribution in [3.8, 4) is 5.75 Å². The van der Waals surface area contributed by atoms with Crippen LogP contribution in [0, 0.1) is 0 Å². The summed E-state index contributed by atoms with van der Waals surface area (Å²) < 4.78 is 5.81. The number of carboxylic acids is 1. The van der Waals surface area contributed by atoms with Crippen LogP contribution in [0.5, 0.6) is 5.75 Å². The molecule has 3 N–H and O–H groups in total. The Labute approximate surface area is 148 Å². The smallest absolute Gasteiger partial charge is 0.335 e. The van der Waals surface area contributed by atoms with E-state index in [1.165, 1.54) is 12.1 Å². The van der Waals surface area contributed by atoms with Gasteiger partial charge in [0.05, 0.1) is 10.5 Å². The van der Waals surface area contributed by atoms with Crippen LogP contribution in [-0.4, -0.2) is 22.2 Å². The standard InChI is InChI=1S/C18H14N2O4S/c19-18-20-16(21)15(25-18)9-13-3-1-2-4-14(13)24-10-11-5-7-12(8-6-11)17(22)23/h1-9H,10H2,(H,22,23)(H2,19,20,21)/b15-9+. The molecular formula is C18H14N2O4S. The molecule has 7 heteroatoms. The third kappa shape index (κ3) is 4.07. The Balaban J connectivity index is 1.74. The van der Waals surface area contributed by atoms with Gasteiger partial charge in [-0.15, -0.1) is 0 Å². The Kier molecular flexibility index (Phi) is 4.85. The lowest BCUT2D eigenvalue weighted by molar-refractivity contribution is -0.113. The number of nitrogens with two attached hydrogens (primary N) is 1. The van der Waals surface area contributed by atoms with Gasteiger partial charge in [0.25, 0.3) is 5.91 Å². The first-order valence-corrected chi connectivity index (χ1v) is 8.16. The highest BCUT2D eigenvalue weighted by atomic mass is 32.2. The second kappa shape index (κ2) is 7.23. The van der Waals surface area contributed by atoms with E-state index in [-0.39, 0.29) is 23.2 Å². The Morgan fingerprint density at radius 1 is 1.20 bits per heavy atom. The first-order chi connectivity index (χ1) is 12.0. The summed E-state index contributed by atoms with van der Waals surface area (Å²) >= 11 is 1.12. The highest BCUT2D eigenvalue weighted by Crippen LogP contribution is 2.29. The van der Waals surface area contributed by atoms with E-state index < -0.39 is 5.97 Å². The summed E-state index contributed by atoms with van der Waals surface area (Å²) in [5.74, 6) is -0.720. The highest BCUT2D eigenvalue weighted by molar-refractivity contribution is 8.18. The van der Waals surface area contributed by atoms with E-state index in [0.29, 0.717) is 10.7 Å². The molecule has 0 saturated heterocycles. The van der Waals surface area contributed by atoms with Crippen LogP contribution < -0.4 is 10.5 Å². The molecule has 1 aliphatic heterocycles. The number of amidine groups is 1. The number of thioether (sulfide) groups is 1. The van der Waals surface area contributed by atoms with Crippen molar-refractivity contribution in [2.24, 2.45) is 10.7 Å². The Bertz CT molecular complexity index is 888. The molecule has 6 nitrogen and oxygen atoms in total. The quantitative estimate of drug-likeness (QED) is 0.801. The van der Waals surface area contributed by atoms with Gasteiger partial charge in [-0.05, 0) is 41.6 Å². The summed E-state index contributed by atoms with van der Waals surface area (Å²) in [6.45, 7) is 0.278. The van der Waals surface area contributed by atoms with Crippen LogP contribution in [0.2, 0.25) is 0 Å². The minimum Gasteiger partial charge on any atom is -0.488 e. The van der Waals surface area contributed by atoms with Crippen LogP contribution in [0.3, 0.4) is 0 Å². The molecule has 126 valence electrons. The molecule has 0 spiro atoms. The monoisotopic (exact) mass is 354 g/mol. The lowest BCUT2D eigenvalue weighted by Gasteiger charge is -2.10. The van der Waals surface area contributed by atoms with Crippen molar-refractivity contribution in [1.29, 1.82) is 0 Å². The molecule has 2 aromatic carbocycles. The molecule has 0 aromatic heterocycles. The number of aliphatic imine (C=N–C) groups is 1. The van der Waals surface area contributed by atoms with Crippen molar-refractivity contribution >= 4 is 34.9 Å². The maximum atomic E-state index is 11.7. The second-order valence-corrected chi connectivity index (χ2v) is 6.26. The number of para-hydroxylation sites is 1. The van der Waals surface area contributed by atoms with Crippen LogP contribution in [0.1, 0.15) is 21.5 Å². The summed E-state index contributed by atoms with van der Waals surface area (Å²) in [5, 5.41) is 9.14. The summed E-state index contributed by atoms with van der Waals surface area (Å²) in [4.78, 5) is 26.7. The van der Waals surface area contributed by atoms with Gasteiger partial charge in [0.1, 0.15) is 12.4 Å². The highest BCUT2D eigenvalue weighted by Gasteiger charge is 2.20. The van der Waals surface area contributed by atoms with Gasteiger partial charge in [-0.25, -0.2) is 4.79 Å². The number of aromatic carboxylic acids is 1. The number of hydrogen-bond donors (Lipinski definition) is 2. The Morgan fingerprint density at radius 2 is 1.92 bits per heavy atom. The summed E-state index contributed by atoms with van der Waals surface area (Å²) in [6, 6.07) is 13.8. The number of carbonyl (C=O) groups is 2. The zero-order chi connectivity index (χ0) is 17.8. The number of ether oxygens (including phenoxy) is 1. The van der Waals surface area contributed by atoms with Crippen LogP contribution in [0.4, 0.5) is 0 Å². The van der Waals surface area contributed by atoms with Gasteiger partial charge in [0.15, 0.2) is 5.17 Å². The molecule has 3 rings (SSSR count). The van der Waals surface area contributed by atoms with E-state index in [0.717, 1.165) is 22.9 Å². The number of amides is 1. The number of rotatable bonds is 5. The van der Waals surface area contributed by atoms with Gasteiger partial charge in [-0.2, -0.15) is 4.99 Å². The van der Waals surface area contributed by atoms with Gasteiger partial charge in [-0.1, -0.05) is 30.3 Å². The molecule has 2 aromatic rings.